The molecule has 0 aliphatic carbocycles. The second-order valence-corrected chi connectivity index (χ2v) is 7.41. The minimum absolute atomic E-state index is 0.119. The predicted molar refractivity (Wildman–Crippen MR) is 112 cm³/mol. The van der Waals surface area contributed by atoms with E-state index in [0.717, 1.165) is 48.8 Å². The molecule has 0 atom stereocenters. The van der Waals surface area contributed by atoms with Crippen LogP contribution in [0.4, 0.5) is 5.69 Å². The van der Waals surface area contributed by atoms with Gasteiger partial charge in [-0.1, -0.05) is 35.9 Å². The van der Waals surface area contributed by atoms with E-state index in [-0.39, 0.29) is 5.91 Å². The maximum Gasteiger partial charge on any atom is 0.253 e. The first-order valence-corrected chi connectivity index (χ1v) is 9.77. The zero-order valence-corrected chi connectivity index (χ0v) is 16.7. The van der Waals surface area contributed by atoms with Gasteiger partial charge < -0.3 is 9.80 Å². The number of anilines is 1. The van der Waals surface area contributed by atoms with Crippen molar-refractivity contribution < 1.29 is 4.79 Å². The van der Waals surface area contributed by atoms with Crippen molar-refractivity contribution in [2.24, 2.45) is 0 Å². The van der Waals surface area contributed by atoms with Crippen molar-refractivity contribution in [1.29, 1.82) is 0 Å². The summed E-state index contributed by atoms with van der Waals surface area (Å²) in [7, 11) is 0. The molecule has 1 saturated heterocycles. The van der Waals surface area contributed by atoms with Gasteiger partial charge in [0.05, 0.1) is 22.8 Å². The molecule has 1 aliphatic heterocycles. The minimum Gasteiger partial charge on any atom is -0.365 e. The summed E-state index contributed by atoms with van der Waals surface area (Å²) in [6, 6.07) is 18.0. The van der Waals surface area contributed by atoms with Gasteiger partial charge in [0.25, 0.3) is 5.91 Å². The summed E-state index contributed by atoms with van der Waals surface area (Å²) >= 11 is 0. The number of para-hydroxylation sites is 1. The second kappa shape index (κ2) is 7.50. The lowest BCUT2D eigenvalue weighted by atomic mass is 10.1. The number of nitrogens with zero attached hydrogens (tertiary/aromatic N) is 4. The van der Waals surface area contributed by atoms with Crippen LogP contribution in [-0.4, -0.2) is 46.8 Å². The summed E-state index contributed by atoms with van der Waals surface area (Å²) in [6.45, 7) is 9.30. The predicted octanol–water partition coefficient (Wildman–Crippen LogP) is 3.76. The molecule has 2 heterocycles. The van der Waals surface area contributed by atoms with Crippen molar-refractivity contribution in [2.45, 2.75) is 20.8 Å². The monoisotopic (exact) mass is 374 g/mol. The summed E-state index contributed by atoms with van der Waals surface area (Å²) < 4.78 is 2.01. The molecule has 0 bridgehead atoms. The van der Waals surface area contributed by atoms with E-state index in [1.54, 1.807) is 0 Å². The summed E-state index contributed by atoms with van der Waals surface area (Å²) in [5.74, 6) is 0.119. The molecule has 5 heteroatoms. The van der Waals surface area contributed by atoms with Crippen molar-refractivity contribution in [3.63, 3.8) is 0 Å². The van der Waals surface area contributed by atoms with Crippen LogP contribution in [0.1, 0.15) is 27.3 Å². The molecule has 2 aromatic carbocycles. The molecular formula is C23H26N4O. The Kier molecular flexibility index (Phi) is 4.90. The molecule has 1 fully saturated rings. The first kappa shape index (κ1) is 18.3. The van der Waals surface area contributed by atoms with E-state index in [4.69, 9.17) is 5.10 Å². The number of carbonyl (C=O) groups is 1. The zero-order chi connectivity index (χ0) is 19.7. The van der Waals surface area contributed by atoms with Crippen LogP contribution in [0.5, 0.6) is 0 Å². The fraction of sp³-hybridized carbons (Fsp3) is 0.304. The van der Waals surface area contributed by atoms with Crippen LogP contribution < -0.4 is 4.90 Å². The zero-order valence-electron chi connectivity index (χ0n) is 16.7. The lowest BCUT2D eigenvalue weighted by molar-refractivity contribution is 0.0747. The largest absolute Gasteiger partial charge is 0.365 e. The van der Waals surface area contributed by atoms with E-state index in [9.17, 15) is 4.79 Å². The number of amides is 1. The molecule has 0 radical (unpaired) electrons. The van der Waals surface area contributed by atoms with Crippen LogP contribution in [0.25, 0.3) is 5.69 Å². The first-order valence-electron chi connectivity index (χ1n) is 9.77. The molecular weight excluding hydrogens is 348 g/mol. The first-order chi connectivity index (χ1) is 13.5. The molecule has 1 amide bonds. The van der Waals surface area contributed by atoms with Gasteiger partial charge >= 0.3 is 0 Å². The summed E-state index contributed by atoms with van der Waals surface area (Å²) in [4.78, 5) is 17.1. The number of carbonyl (C=O) groups excluding carboxylic acids is 1. The number of benzene rings is 2. The molecule has 5 nitrogen and oxygen atoms in total. The van der Waals surface area contributed by atoms with E-state index >= 15 is 0 Å². The van der Waals surface area contributed by atoms with Gasteiger partial charge in [-0.05, 0) is 45.0 Å². The van der Waals surface area contributed by atoms with Crippen LogP contribution >= 0.6 is 0 Å². The number of aromatic nitrogens is 2. The van der Waals surface area contributed by atoms with E-state index in [1.807, 2.05) is 59.0 Å². The van der Waals surface area contributed by atoms with E-state index in [1.165, 1.54) is 11.3 Å². The average molecular weight is 374 g/mol. The SMILES string of the molecule is Cc1ccc(C(=O)N2CCN(c3c(C)nn(-c4ccccc4)c3C)CC2)cc1. The van der Waals surface area contributed by atoms with Crippen molar-refractivity contribution in [1.82, 2.24) is 14.7 Å². The molecule has 0 spiro atoms. The van der Waals surface area contributed by atoms with Crippen LogP contribution in [0.2, 0.25) is 0 Å². The topological polar surface area (TPSA) is 41.4 Å². The lowest BCUT2D eigenvalue weighted by Crippen LogP contribution is -2.49. The van der Waals surface area contributed by atoms with Gasteiger partial charge in [0, 0.05) is 31.7 Å². The highest BCUT2D eigenvalue weighted by atomic mass is 16.2. The van der Waals surface area contributed by atoms with Crippen molar-refractivity contribution in [3.05, 3.63) is 77.1 Å². The second-order valence-electron chi connectivity index (χ2n) is 7.41. The highest BCUT2D eigenvalue weighted by Gasteiger charge is 2.26. The van der Waals surface area contributed by atoms with Gasteiger partial charge in [-0.3, -0.25) is 4.79 Å². The molecule has 0 unspecified atom stereocenters. The summed E-state index contributed by atoms with van der Waals surface area (Å²) in [6.07, 6.45) is 0. The fourth-order valence-corrected chi connectivity index (χ4v) is 3.92. The number of hydrogen-bond acceptors (Lipinski definition) is 3. The number of aryl methyl sites for hydroxylation is 2. The van der Waals surface area contributed by atoms with Gasteiger partial charge in [-0.15, -0.1) is 0 Å². The Labute approximate surface area is 166 Å². The normalized spacial score (nSPS) is 14.4. The molecule has 28 heavy (non-hydrogen) atoms. The highest BCUT2D eigenvalue weighted by Crippen LogP contribution is 2.28. The third kappa shape index (κ3) is 3.40. The Morgan fingerprint density at radius 3 is 2.14 bits per heavy atom. The van der Waals surface area contributed by atoms with Crippen LogP contribution in [0.3, 0.4) is 0 Å². The smallest absolute Gasteiger partial charge is 0.253 e. The molecule has 1 aliphatic rings. The molecule has 0 saturated carbocycles. The van der Waals surface area contributed by atoms with Crippen molar-refractivity contribution in [3.8, 4) is 5.69 Å². The average Bonchev–Trinajstić information content (AvgIpc) is 3.03. The molecule has 0 N–H and O–H groups in total. The fourth-order valence-electron chi connectivity index (χ4n) is 3.92. The van der Waals surface area contributed by atoms with E-state index in [0.29, 0.717) is 0 Å². The Balaban J connectivity index is 1.49. The Hall–Kier alpha value is -3.08. The standard InChI is InChI=1S/C23H26N4O/c1-17-9-11-20(12-10-17)23(28)26-15-13-25(14-16-26)22-18(2)24-27(19(22)3)21-7-5-4-6-8-21/h4-12H,13-16H2,1-3H3. The molecule has 3 aromatic rings. The third-order valence-corrected chi connectivity index (χ3v) is 5.44. The van der Waals surface area contributed by atoms with Gasteiger partial charge in [0.2, 0.25) is 0 Å². The number of piperazine rings is 1. The number of rotatable bonds is 3. The quantitative estimate of drug-likeness (QED) is 0.701. The Bertz CT molecular complexity index is 968. The van der Waals surface area contributed by atoms with E-state index < -0.39 is 0 Å². The highest BCUT2D eigenvalue weighted by molar-refractivity contribution is 5.94. The Morgan fingerprint density at radius 2 is 1.50 bits per heavy atom. The number of hydrogen-bond donors (Lipinski definition) is 0. The van der Waals surface area contributed by atoms with E-state index in [2.05, 4.69) is 30.9 Å². The maximum atomic E-state index is 12.8. The molecule has 1 aromatic heterocycles. The van der Waals surface area contributed by atoms with Crippen molar-refractivity contribution in [2.75, 3.05) is 31.1 Å². The minimum atomic E-state index is 0.119. The van der Waals surface area contributed by atoms with Crippen LogP contribution in [0.15, 0.2) is 54.6 Å². The van der Waals surface area contributed by atoms with Crippen LogP contribution in [-0.2, 0) is 0 Å². The summed E-state index contributed by atoms with van der Waals surface area (Å²) in [5, 5.41) is 4.76. The van der Waals surface area contributed by atoms with Crippen LogP contribution in [0, 0.1) is 20.8 Å². The lowest BCUT2D eigenvalue weighted by Gasteiger charge is -2.36. The Morgan fingerprint density at radius 1 is 0.857 bits per heavy atom. The van der Waals surface area contributed by atoms with Gasteiger partial charge in [-0.25, -0.2) is 4.68 Å². The molecule has 144 valence electrons. The summed E-state index contributed by atoms with van der Waals surface area (Å²) in [5.41, 5.74) is 6.36. The third-order valence-electron chi connectivity index (χ3n) is 5.44. The van der Waals surface area contributed by atoms with Gasteiger partial charge in [-0.2, -0.15) is 5.10 Å². The van der Waals surface area contributed by atoms with Gasteiger partial charge in [0.1, 0.15) is 0 Å². The van der Waals surface area contributed by atoms with Gasteiger partial charge in [0.15, 0.2) is 0 Å². The van der Waals surface area contributed by atoms with Crippen molar-refractivity contribution >= 4 is 11.6 Å². The maximum absolute atomic E-state index is 12.8. The molecule has 4 rings (SSSR count).